The Morgan fingerprint density at radius 1 is 1.26 bits per heavy atom. The average Bonchev–Trinajstić information content (AvgIpc) is 2.86. The van der Waals surface area contributed by atoms with Crippen molar-refractivity contribution in [1.82, 2.24) is 4.90 Å². The minimum atomic E-state index is 0.210. The summed E-state index contributed by atoms with van der Waals surface area (Å²) in [5.41, 5.74) is 1.31. The van der Waals surface area contributed by atoms with Gasteiger partial charge in [0.2, 0.25) is 5.91 Å². The van der Waals surface area contributed by atoms with E-state index in [9.17, 15) is 4.79 Å². The van der Waals surface area contributed by atoms with Crippen LogP contribution in [0.5, 0.6) is 0 Å². The van der Waals surface area contributed by atoms with Crippen LogP contribution in [0.3, 0.4) is 0 Å². The van der Waals surface area contributed by atoms with Crippen molar-refractivity contribution in [1.29, 1.82) is 0 Å². The van der Waals surface area contributed by atoms with E-state index in [1.807, 2.05) is 0 Å². The molecule has 2 aliphatic rings. The van der Waals surface area contributed by atoms with Crippen LogP contribution in [0.25, 0.3) is 0 Å². The maximum atomic E-state index is 12.6. The number of carbonyl (C=O) groups is 1. The first-order valence-corrected chi connectivity index (χ1v) is 7.95. The van der Waals surface area contributed by atoms with Crippen LogP contribution < -0.4 is 0 Å². The van der Waals surface area contributed by atoms with Crippen LogP contribution in [-0.4, -0.2) is 23.4 Å². The van der Waals surface area contributed by atoms with E-state index in [0.29, 0.717) is 23.8 Å². The molecule has 1 amide bonds. The van der Waals surface area contributed by atoms with E-state index >= 15 is 0 Å². The quantitative estimate of drug-likeness (QED) is 0.811. The first kappa shape index (κ1) is 13.2. The summed E-state index contributed by atoms with van der Waals surface area (Å²) >= 11 is 3.46. The van der Waals surface area contributed by atoms with Gasteiger partial charge in [-0.1, -0.05) is 35.0 Å². The molecule has 1 aliphatic carbocycles. The fraction of sp³-hybridized carbons (Fsp3) is 0.562. The number of likely N-dealkylation sites (tertiary alicyclic amines) is 1. The van der Waals surface area contributed by atoms with Crippen molar-refractivity contribution in [2.75, 3.05) is 6.54 Å². The van der Waals surface area contributed by atoms with E-state index in [4.69, 9.17) is 0 Å². The molecule has 0 bridgehead atoms. The molecular formula is C16H20BrNO. The molecule has 1 aromatic carbocycles. The molecule has 3 rings (SSSR count). The summed E-state index contributed by atoms with van der Waals surface area (Å²) in [5, 5.41) is 0. The van der Waals surface area contributed by atoms with Gasteiger partial charge >= 0.3 is 0 Å². The van der Waals surface area contributed by atoms with Gasteiger partial charge in [-0.15, -0.1) is 0 Å². The number of nitrogens with zero attached hydrogens (tertiary/aromatic N) is 1. The molecule has 0 unspecified atom stereocenters. The molecule has 4 atom stereocenters. The number of amides is 1. The summed E-state index contributed by atoms with van der Waals surface area (Å²) in [7, 11) is 0. The Bertz CT molecular complexity index is 484. The summed E-state index contributed by atoms with van der Waals surface area (Å²) in [6.07, 6.45) is 2.33. The summed E-state index contributed by atoms with van der Waals surface area (Å²) in [6.45, 7) is 5.33. The number of hydrogen-bond donors (Lipinski definition) is 0. The third kappa shape index (κ3) is 2.33. The van der Waals surface area contributed by atoms with Gasteiger partial charge in [-0.2, -0.15) is 0 Å². The smallest absolute Gasteiger partial charge is 0.226 e. The largest absolute Gasteiger partial charge is 0.340 e. The van der Waals surface area contributed by atoms with Crippen LogP contribution in [0.15, 0.2) is 28.7 Å². The van der Waals surface area contributed by atoms with Crippen molar-refractivity contribution in [2.45, 2.75) is 38.6 Å². The second-order valence-electron chi connectivity index (χ2n) is 5.99. The lowest BCUT2D eigenvalue weighted by atomic mass is 10.1. The van der Waals surface area contributed by atoms with Crippen LogP contribution >= 0.6 is 15.9 Å². The molecule has 3 heteroatoms. The Balaban J connectivity index is 1.73. The average molecular weight is 322 g/mol. The zero-order valence-electron chi connectivity index (χ0n) is 11.5. The molecule has 1 aromatic rings. The molecule has 2 fully saturated rings. The van der Waals surface area contributed by atoms with Gasteiger partial charge in [0.15, 0.2) is 0 Å². The topological polar surface area (TPSA) is 20.3 Å². The third-order valence-electron chi connectivity index (χ3n) is 4.76. The Hall–Kier alpha value is -0.830. The van der Waals surface area contributed by atoms with E-state index < -0.39 is 0 Å². The second kappa shape index (κ2) is 4.93. The highest BCUT2D eigenvalue weighted by atomic mass is 79.9. The van der Waals surface area contributed by atoms with Gasteiger partial charge in [-0.25, -0.2) is 0 Å². The lowest BCUT2D eigenvalue weighted by Crippen LogP contribution is -2.35. The molecule has 2 nitrogen and oxygen atoms in total. The monoisotopic (exact) mass is 321 g/mol. The predicted molar refractivity (Wildman–Crippen MR) is 79.9 cm³/mol. The van der Waals surface area contributed by atoms with Gasteiger partial charge in [-0.3, -0.25) is 4.79 Å². The first-order chi connectivity index (χ1) is 9.09. The number of rotatable bonds is 2. The Kier molecular flexibility index (Phi) is 3.42. The van der Waals surface area contributed by atoms with Crippen LogP contribution in [-0.2, 0) is 4.79 Å². The Morgan fingerprint density at radius 2 is 1.95 bits per heavy atom. The third-order valence-corrected chi connectivity index (χ3v) is 5.28. The minimum Gasteiger partial charge on any atom is -0.340 e. The van der Waals surface area contributed by atoms with Gasteiger partial charge in [0.25, 0.3) is 0 Å². The highest BCUT2D eigenvalue weighted by molar-refractivity contribution is 9.10. The Labute approximate surface area is 123 Å². The van der Waals surface area contributed by atoms with Crippen LogP contribution in [0.4, 0.5) is 0 Å². The van der Waals surface area contributed by atoms with E-state index in [2.05, 4.69) is 58.9 Å². The molecule has 1 saturated carbocycles. The zero-order valence-corrected chi connectivity index (χ0v) is 13.1. The molecule has 1 saturated heterocycles. The molecule has 19 heavy (non-hydrogen) atoms. The molecule has 0 radical (unpaired) electrons. The summed E-state index contributed by atoms with van der Waals surface area (Å²) in [4.78, 5) is 14.7. The number of hydrogen-bond acceptors (Lipinski definition) is 1. The highest BCUT2D eigenvalue weighted by Crippen LogP contribution is 2.55. The lowest BCUT2D eigenvalue weighted by Gasteiger charge is -2.21. The van der Waals surface area contributed by atoms with Crippen LogP contribution in [0.1, 0.15) is 38.2 Å². The number of carbonyl (C=O) groups excluding carboxylic acids is 1. The van der Waals surface area contributed by atoms with Crippen molar-refractivity contribution in [3.63, 3.8) is 0 Å². The van der Waals surface area contributed by atoms with Gasteiger partial charge in [-0.05, 0) is 49.3 Å². The van der Waals surface area contributed by atoms with Gasteiger partial charge < -0.3 is 4.90 Å². The number of benzene rings is 1. The predicted octanol–water partition coefficient (Wildman–Crippen LogP) is 3.81. The molecule has 0 N–H and O–H groups in total. The Morgan fingerprint density at radius 3 is 2.53 bits per heavy atom. The molecular weight excluding hydrogens is 302 g/mol. The fourth-order valence-electron chi connectivity index (χ4n) is 3.49. The van der Waals surface area contributed by atoms with Crippen LogP contribution in [0.2, 0.25) is 0 Å². The molecule has 0 spiro atoms. The van der Waals surface area contributed by atoms with Gasteiger partial charge in [0, 0.05) is 23.0 Å². The van der Waals surface area contributed by atoms with E-state index in [1.54, 1.807) is 0 Å². The summed E-state index contributed by atoms with van der Waals surface area (Å²) < 4.78 is 1.10. The minimum absolute atomic E-state index is 0.210. The van der Waals surface area contributed by atoms with Crippen LogP contribution in [0, 0.1) is 11.8 Å². The second-order valence-corrected chi connectivity index (χ2v) is 6.90. The van der Waals surface area contributed by atoms with Gasteiger partial charge in [0.05, 0.1) is 0 Å². The van der Waals surface area contributed by atoms with Crippen molar-refractivity contribution >= 4 is 21.8 Å². The van der Waals surface area contributed by atoms with Crippen molar-refractivity contribution < 1.29 is 4.79 Å². The van der Waals surface area contributed by atoms with E-state index in [-0.39, 0.29) is 5.92 Å². The van der Waals surface area contributed by atoms with Crippen molar-refractivity contribution in [2.24, 2.45) is 11.8 Å². The SMILES string of the molecule is C[C@@H]1[C@H](C(=O)N2CCC[C@H]2C)[C@H]1c1ccc(Br)cc1. The summed E-state index contributed by atoms with van der Waals surface area (Å²) in [6, 6.07) is 8.87. The maximum absolute atomic E-state index is 12.6. The van der Waals surface area contributed by atoms with Crippen molar-refractivity contribution in [3.8, 4) is 0 Å². The van der Waals surface area contributed by atoms with Gasteiger partial charge in [0.1, 0.15) is 0 Å². The normalized spacial score (nSPS) is 33.5. The fourth-order valence-corrected chi connectivity index (χ4v) is 3.75. The highest BCUT2D eigenvalue weighted by Gasteiger charge is 2.54. The zero-order chi connectivity index (χ0) is 13.6. The lowest BCUT2D eigenvalue weighted by molar-refractivity contribution is -0.133. The van der Waals surface area contributed by atoms with Crippen molar-refractivity contribution in [3.05, 3.63) is 34.3 Å². The first-order valence-electron chi connectivity index (χ1n) is 7.15. The van der Waals surface area contributed by atoms with E-state index in [1.165, 1.54) is 5.56 Å². The number of halogens is 1. The summed E-state index contributed by atoms with van der Waals surface area (Å²) in [5.74, 6) is 1.50. The standard InChI is InChI=1S/C16H20BrNO/c1-10-4-3-9-18(10)16(19)15-11(2)14(15)12-5-7-13(17)8-6-12/h5-8,10-11,14-15H,3-4,9H2,1-2H3/t10-,11+,14-,15+/m1/s1. The molecule has 0 aromatic heterocycles. The molecule has 1 heterocycles. The van der Waals surface area contributed by atoms with E-state index in [0.717, 1.165) is 23.9 Å². The maximum Gasteiger partial charge on any atom is 0.226 e. The molecule has 102 valence electrons. The molecule has 1 aliphatic heterocycles.